The summed E-state index contributed by atoms with van der Waals surface area (Å²) in [5.41, 5.74) is 0.411. The summed E-state index contributed by atoms with van der Waals surface area (Å²) >= 11 is 0. The third-order valence-corrected chi connectivity index (χ3v) is 2.83. The van der Waals surface area contributed by atoms with Crippen LogP contribution in [0.4, 0.5) is 0 Å². The van der Waals surface area contributed by atoms with E-state index in [4.69, 9.17) is 5.11 Å². The number of aromatic nitrogens is 3. The summed E-state index contributed by atoms with van der Waals surface area (Å²) in [4.78, 5) is 22.9. The summed E-state index contributed by atoms with van der Waals surface area (Å²) in [5.74, 6) is -1.55. The number of hydrogen-bond donors (Lipinski definition) is 2. The van der Waals surface area contributed by atoms with Gasteiger partial charge in [0, 0.05) is 12.6 Å². The van der Waals surface area contributed by atoms with Gasteiger partial charge in [-0.05, 0) is 32.0 Å². The van der Waals surface area contributed by atoms with Crippen molar-refractivity contribution in [2.24, 2.45) is 7.05 Å². The van der Waals surface area contributed by atoms with Crippen molar-refractivity contribution in [1.82, 2.24) is 20.3 Å². The van der Waals surface area contributed by atoms with Crippen LogP contribution in [0.2, 0.25) is 0 Å². The summed E-state index contributed by atoms with van der Waals surface area (Å²) in [6.07, 6.45) is 0. The van der Waals surface area contributed by atoms with Crippen molar-refractivity contribution in [3.05, 3.63) is 23.8 Å². The number of fused-ring (bicyclic) bond motifs is 1. The lowest BCUT2D eigenvalue weighted by molar-refractivity contribution is -0.143. The van der Waals surface area contributed by atoms with E-state index in [-0.39, 0.29) is 0 Å². The van der Waals surface area contributed by atoms with Crippen molar-refractivity contribution < 1.29 is 14.7 Å². The quantitative estimate of drug-likeness (QED) is 0.842. The fourth-order valence-electron chi connectivity index (χ4n) is 1.59. The maximum atomic E-state index is 12.0. The predicted octanol–water partition coefficient (Wildman–Crippen LogP) is 0.561. The molecular weight excluding hydrogens is 248 g/mol. The van der Waals surface area contributed by atoms with Crippen molar-refractivity contribution in [2.75, 3.05) is 0 Å². The molecule has 2 aromatic rings. The molecule has 7 heteroatoms. The number of nitrogens with one attached hydrogen (secondary N) is 1. The maximum Gasteiger partial charge on any atom is 0.328 e. The van der Waals surface area contributed by atoms with Crippen molar-refractivity contribution in [2.45, 2.75) is 19.4 Å². The Kier molecular flexibility index (Phi) is 2.97. The van der Waals surface area contributed by atoms with Crippen LogP contribution < -0.4 is 5.32 Å². The van der Waals surface area contributed by atoms with E-state index in [1.807, 2.05) is 0 Å². The molecule has 1 aromatic carbocycles. The number of aliphatic carboxylic acids is 1. The third kappa shape index (κ3) is 2.40. The second kappa shape index (κ2) is 4.34. The summed E-state index contributed by atoms with van der Waals surface area (Å²) in [6.45, 7) is 2.85. The monoisotopic (exact) mass is 262 g/mol. The van der Waals surface area contributed by atoms with Crippen LogP contribution in [-0.2, 0) is 11.8 Å². The number of carboxylic acid groups (broad SMARTS) is 1. The molecule has 0 aliphatic heterocycles. The second-order valence-corrected chi connectivity index (χ2v) is 4.80. The Morgan fingerprint density at radius 1 is 1.37 bits per heavy atom. The van der Waals surface area contributed by atoms with E-state index in [1.54, 1.807) is 29.9 Å². The van der Waals surface area contributed by atoms with Crippen molar-refractivity contribution in [3.8, 4) is 0 Å². The zero-order chi connectivity index (χ0) is 14.2. The largest absolute Gasteiger partial charge is 0.480 e. The van der Waals surface area contributed by atoms with Gasteiger partial charge in [0.25, 0.3) is 5.91 Å². The van der Waals surface area contributed by atoms with Crippen molar-refractivity contribution in [3.63, 3.8) is 0 Å². The van der Waals surface area contributed by atoms with Gasteiger partial charge < -0.3 is 10.4 Å². The van der Waals surface area contributed by atoms with Crippen LogP contribution in [0.3, 0.4) is 0 Å². The van der Waals surface area contributed by atoms with Crippen LogP contribution >= 0.6 is 0 Å². The number of aryl methyl sites for hydroxylation is 1. The first kappa shape index (κ1) is 13.0. The Hall–Kier alpha value is -2.44. The first-order chi connectivity index (χ1) is 8.81. The van der Waals surface area contributed by atoms with Gasteiger partial charge in [-0.15, -0.1) is 5.10 Å². The van der Waals surface area contributed by atoms with Crippen LogP contribution in [0, 0.1) is 0 Å². The average Bonchev–Trinajstić information content (AvgIpc) is 2.70. The molecule has 0 saturated heterocycles. The van der Waals surface area contributed by atoms with Crippen LogP contribution in [0.5, 0.6) is 0 Å². The van der Waals surface area contributed by atoms with Crippen molar-refractivity contribution in [1.29, 1.82) is 0 Å². The molecule has 0 spiro atoms. The Balaban J connectivity index is 2.29. The van der Waals surface area contributed by atoms with Gasteiger partial charge in [-0.1, -0.05) is 5.21 Å². The van der Waals surface area contributed by atoms with Crippen LogP contribution in [0.15, 0.2) is 18.2 Å². The number of carbonyl (C=O) groups excluding carboxylic acids is 1. The molecule has 1 aromatic heterocycles. The second-order valence-electron chi connectivity index (χ2n) is 4.80. The first-order valence-corrected chi connectivity index (χ1v) is 5.66. The highest BCUT2D eigenvalue weighted by Gasteiger charge is 2.29. The molecule has 1 heterocycles. The van der Waals surface area contributed by atoms with Gasteiger partial charge in [0.1, 0.15) is 11.1 Å². The number of hydrogen-bond acceptors (Lipinski definition) is 4. The SMILES string of the molecule is Cn1nnc2cc(C(=O)NC(C)(C)C(=O)O)ccc21. The van der Waals surface area contributed by atoms with E-state index in [1.165, 1.54) is 13.8 Å². The number of benzene rings is 1. The molecule has 0 bridgehead atoms. The summed E-state index contributed by atoms with van der Waals surface area (Å²) < 4.78 is 1.60. The number of carboxylic acids is 1. The predicted molar refractivity (Wildman–Crippen MR) is 67.7 cm³/mol. The molecular formula is C12H14N4O3. The molecule has 7 nitrogen and oxygen atoms in total. The van der Waals surface area contributed by atoms with Gasteiger partial charge in [-0.3, -0.25) is 4.79 Å². The van der Waals surface area contributed by atoms with Crippen molar-refractivity contribution >= 4 is 22.9 Å². The summed E-state index contributed by atoms with van der Waals surface area (Å²) in [6, 6.07) is 4.91. The lowest BCUT2D eigenvalue weighted by Gasteiger charge is -2.20. The van der Waals surface area contributed by atoms with Crippen LogP contribution in [0.25, 0.3) is 11.0 Å². The fourth-order valence-corrected chi connectivity index (χ4v) is 1.59. The maximum absolute atomic E-state index is 12.0. The molecule has 1 amide bonds. The van der Waals surface area contributed by atoms with Gasteiger partial charge in [0.15, 0.2) is 0 Å². The zero-order valence-corrected chi connectivity index (χ0v) is 10.8. The van der Waals surface area contributed by atoms with Gasteiger partial charge in [0.2, 0.25) is 0 Å². The smallest absolute Gasteiger partial charge is 0.328 e. The summed E-state index contributed by atoms with van der Waals surface area (Å²) in [7, 11) is 1.75. The molecule has 0 radical (unpaired) electrons. The molecule has 0 fully saturated rings. The normalized spacial score (nSPS) is 11.5. The summed E-state index contributed by atoms with van der Waals surface area (Å²) in [5, 5.41) is 19.2. The first-order valence-electron chi connectivity index (χ1n) is 5.66. The Bertz CT molecular complexity index is 660. The molecule has 2 N–H and O–H groups in total. The molecule has 19 heavy (non-hydrogen) atoms. The van der Waals surface area contributed by atoms with Gasteiger partial charge in [-0.25, -0.2) is 9.48 Å². The third-order valence-electron chi connectivity index (χ3n) is 2.83. The molecule has 100 valence electrons. The lowest BCUT2D eigenvalue weighted by Crippen LogP contribution is -2.49. The lowest BCUT2D eigenvalue weighted by atomic mass is 10.1. The van der Waals surface area contributed by atoms with E-state index in [0.29, 0.717) is 11.1 Å². The number of nitrogens with zero attached hydrogens (tertiary/aromatic N) is 3. The van der Waals surface area contributed by atoms with E-state index >= 15 is 0 Å². The van der Waals surface area contributed by atoms with E-state index in [2.05, 4.69) is 15.6 Å². The van der Waals surface area contributed by atoms with Crippen LogP contribution in [0.1, 0.15) is 24.2 Å². The standard InChI is InChI=1S/C12H14N4O3/c1-12(2,11(18)19)13-10(17)7-4-5-9-8(6-7)14-15-16(9)3/h4-6H,1-3H3,(H,13,17)(H,18,19). The zero-order valence-electron chi connectivity index (χ0n) is 10.8. The van der Waals surface area contributed by atoms with E-state index in [9.17, 15) is 9.59 Å². The molecule has 0 unspecified atom stereocenters. The van der Waals surface area contributed by atoms with Crippen LogP contribution in [-0.4, -0.2) is 37.5 Å². The molecule has 0 aliphatic carbocycles. The Morgan fingerprint density at radius 3 is 2.68 bits per heavy atom. The molecule has 2 rings (SSSR count). The fraction of sp³-hybridized carbons (Fsp3) is 0.333. The highest BCUT2D eigenvalue weighted by Crippen LogP contribution is 2.13. The van der Waals surface area contributed by atoms with E-state index < -0.39 is 17.4 Å². The molecule has 0 aliphatic rings. The average molecular weight is 262 g/mol. The number of amides is 1. The van der Waals surface area contributed by atoms with Gasteiger partial charge >= 0.3 is 5.97 Å². The Morgan fingerprint density at radius 2 is 2.05 bits per heavy atom. The highest BCUT2D eigenvalue weighted by molar-refractivity contribution is 5.99. The molecule has 0 atom stereocenters. The number of carbonyl (C=O) groups is 2. The van der Waals surface area contributed by atoms with Gasteiger partial charge in [0.05, 0.1) is 5.52 Å². The van der Waals surface area contributed by atoms with Gasteiger partial charge in [-0.2, -0.15) is 0 Å². The number of rotatable bonds is 3. The highest BCUT2D eigenvalue weighted by atomic mass is 16.4. The molecule has 0 saturated carbocycles. The minimum absolute atomic E-state index is 0.349. The van der Waals surface area contributed by atoms with E-state index in [0.717, 1.165) is 5.52 Å². The Labute approximate surface area is 109 Å². The topological polar surface area (TPSA) is 97.1 Å². The minimum atomic E-state index is -1.32. The minimum Gasteiger partial charge on any atom is -0.480 e.